The number of hydrogen-bond acceptors (Lipinski definition) is 3. The van der Waals surface area contributed by atoms with Crippen LogP contribution in [0.3, 0.4) is 0 Å². The highest BCUT2D eigenvalue weighted by Crippen LogP contribution is 1.99. The molecule has 0 aromatic carbocycles. The fourth-order valence-electron chi connectivity index (χ4n) is 0.350. The van der Waals surface area contributed by atoms with Gasteiger partial charge in [0, 0.05) is 0 Å². The molecular weight excluding hydrogens is 144 g/mol. The maximum absolute atomic E-state index is 3.80. The second-order valence-electron chi connectivity index (χ2n) is 1.89. The van der Waals surface area contributed by atoms with Crippen LogP contribution >= 0.6 is 11.3 Å². The van der Waals surface area contributed by atoms with Gasteiger partial charge >= 0.3 is 0 Å². The molecule has 58 valence electrons. The molecule has 0 saturated carbocycles. The molecule has 0 N–H and O–H groups in total. The molecule has 1 aromatic rings. The van der Waals surface area contributed by atoms with Crippen molar-refractivity contribution in [2.24, 2.45) is 0 Å². The molecule has 2 nitrogen and oxygen atoms in total. The van der Waals surface area contributed by atoms with E-state index in [2.05, 4.69) is 31.0 Å². The highest BCUT2D eigenvalue weighted by atomic mass is 32.1. The van der Waals surface area contributed by atoms with E-state index < -0.39 is 0 Å². The molecule has 1 aromatic heterocycles. The summed E-state index contributed by atoms with van der Waals surface area (Å²) in [5, 5.41) is 8.58. The predicted octanol–water partition coefficient (Wildman–Crippen LogP) is 2.52. The van der Waals surface area contributed by atoms with Crippen LogP contribution in [0.5, 0.6) is 0 Å². The van der Waals surface area contributed by atoms with Gasteiger partial charge in [0.15, 0.2) is 0 Å². The van der Waals surface area contributed by atoms with Gasteiger partial charge in [0.2, 0.25) is 0 Å². The minimum absolute atomic E-state index is 1.00. The van der Waals surface area contributed by atoms with E-state index in [1.165, 1.54) is 6.42 Å². The summed E-state index contributed by atoms with van der Waals surface area (Å²) in [7, 11) is 0. The largest absolute Gasteiger partial charge is 0.147 e. The molecule has 10 heavy (non-hydrogen) atoms. The first-order valence-electron chi connectivity index (χ1n) is 3.60. The molecule has 0 aliphatic rings. The Kier molecular flexibility index (Phi) is 6.38. The van der Waals surface area contributed by atoms with Crippen molar-refractivity contribution in [1.82, 2.24) is 10.2 Å². The van der Waals surface area contributed by atoms with Crippen molar-refractivity contribution in [3.8, 4) is 0 Å². The molecule has 0 saturated heterocycles. The molecule has 1 heterocycles. The van der Waals surface area contributed by atoms with E-state index in [1.807, 2.05) is 0 Å². The fraction of sp³-hybridized carbons (Fsp3) is 0.714. The van der Waals surface area contributed by atoms with Crippen molar-refractivity contribution in [1.29, 1.82) is 0 Å². The van der Waals surface area contributed by atoms with E-state index in [-0.39, 0.29) is 0 Å². The SMILES string of the molecule is CCC.CCc1nncs1. The first-order valence-corrected chi connectivity index (χ1v) is 4.48. The van der Waals surface area contributed by atoms with Crippen LogP contribution < -0.4 is 0 Å². The highest BCUT2D eigenvalue weighted by molar-refractivity contribution is 7.09. The number of rotatable bonds is 1. The molecule has 0 atom stereocenters. The Hall–Kier alpha value is -0.440. The second-order valence-corrected chi connectivity index (χ2v) is 2.81. The Morgan fingerprint density at radius 2 is 2.00 bits per heavy atom. The van der Waals surface area contributed by atoms with Crippen LogP contribution in [0.15, 0.2) is 5.51 Å². The number of hydrogen-bond donors (Lipinski definition) is 0. The molecule has 1 rings (SSSR count). The summed E-state index contributed by atoms with van der Waals surface area (Å²) in [6.45, 7) is 6.32. The van der Waals surface area contributed by atoms with Gasteiger partial charge in [0.25, 0.3) is 0 Å². The average Bonchev–Trinajstić information content (AvgIpc) is 2.39. The lowest BCUT2D eigenvalue weighted by atomic mass is 10.5. The molecular formula is C7H14N2S. The van der Waals surface area contributed by atoms with Crippen molar-refractivity contribution in [2.75, 3.05) is 0 Å². The van der Waals surface area contributed by atoms with Gasteiger partial charge < -0.3 is 0 Å². The number of aryl methyl sites for hydroxylation is 1. The maximum Gasteiger partial charge on any atom is 0.116 e. The summed E-state index contributed by atoms with van der Waals surface area (Å²) in [4.78, 5) is 0. The predicted molar refractivity (Wildman–Crippen MR) is 45.3 cm³/mol. The summed E-state index contributed by atoms with van der Waals surface area (Å²) in [6, 6.07) is 0. The zero-order valence-corrected chi connectivity index (χ0v) is 7.61. The van der Waals surface area contributed by atoms with E-state index in [1.54, 1.807) is 16.8 Å². The molecule has 0 bridgehead atoms. The van der Waals surface area contributed by atoms with Crippen molar-refractivity contribution < 1.29 is 0 Å². The van der Waals surface area contributed by atoms with Crippen molar-refractivity contribution in [3.63, 3.8) is 0 Å². The van der Waals surface area contributed by atoms with Gasteiger partial charge in [-0.05, 0) is 6.42 Å². The highest BCUT2D eigenvalue weighted by Gasteiger charge is 1.86. The number of nitrogens with zero attached hydrogens (tertiary/aromatic N) is 2. The summed E-state index contributed by atoms with van der Waals surface area (Å²) in [6.07, 6.45) is 2.25. The van der Waals surface area contributed by atoms with Gasteiger partial charge in [-0.3, -0.25) is 0 Å². The first-order chi connectivity index (χ1) is 4.85. The molecule has 0 amide bonds. The third-order valence-electron chi connectivity index (χ3n) is 0.708. The minimum atomic E-state index is 1.00. The topological polar surface area (TPSA) is 25.8 Å². The average molecular weight is 158 g/mol. The molecule has 0 unspecified atom stereocenters. The van der Waals surface area contributed by atoms with Crippen LogP contribution in [0.1, 0.15) is 32.2 Å². The van der Waals surface area contributed by atoms with Gasteiger partial charge in [-0.2, -0.15) is 0 Å². The summed E-state index contributed by atoms with van der Waals surface area (Å²) in [5.74, 6) is 0. The third kappa shape index (κ3) is 4.44. The number of aromatic nitrogens is 2. The summed E-state index contributed by atoms with van der Waals surface area (Å²) < 4.78 is 0. The van der Waals surface area contributed by atoms with Gasteiger partial charge in [-0.1, -0.05) is 27.2 Å². The van der Waals surface area contributed by atoms with Gasteiger partial charge in [-0.25, -0.2) is 0 Å². The fourth-order valence-corrected chi connectivity index (χ4v) is 0.827. The monoisotopic (exact) mass is 158 g/mol. The van der Waals surface area contributed by atoms with Gasteiger partial charge in [0.1, 0.15) is 10.5 Å². The molecule has 0 aliphatic carbocycles. The van der Waals surface area contributed by atoms with Crippen molar-refractivity contribution in [2.45, 2.75) is 33.6 Å². The lowest BCUT2D eigenvalue weighted by molar-refractivity contribution is 0.984. The Labute approximate surface area is 66.3 Å². The Bertz CT molecular complexity index is 137. The molecule has 0 fully saturated rings. The molecule has 0 spiro atoms. The van der Waals surface area contributed by atoms with E-state index in [0.717, 1.165) is 11.4 Å². The van der Waals surface area contributed by atoms with Crippen LogP contribution in [-0.4, -0.2) is 10.2 Å². The Morgan fingerprint density at radius 1 is 1.40 bits per heavy atom. The third-order valence-corrected chi connectivity index (χ3v) is 1.55. The smallest absolute Gasteiger partial charge is 0.116 e. The normalized spacial score (nSPS) is 8.30. The van der Waals surface area contributed by atoms with Crippen LogP contribution in [0, 0.1) is 0 Å². The first kappa shape index (κ1) is 9.56. The molecule has 0 radical (unpaired) electrons. The quantitative estimate of drug-likeness (QED) is 0.627. The zero-order valence-electron chi connectivity index (χ0n) is 6.79. The van der Waals surface area contributed by atoms with Crippen molar-refractivity contribution in [3.05, 3.63) is 10.5 Å². The second kappa shape index (κ2) is 6.68. The molecule has 0 aliphatic heterocycles. The van der Waals surface area contributed by atoms with Crippen LogP contribution in [0.25, 0.3) is 0 Å². The Morgan fingerprint density at radius 3 is 2.20 bits per heavy atom. The summed E-state index contributed by atoms with van der Waals surface area (Å²) >= 11 is 1.60. The summed E-state index contributed by atoms with van der Waals surface area (Å²) in [5.41, 5.74) is 1.75. The van der Waals surface area contributed by atoms with Crippen LogP contribution in [-0.2, 0) is 6.42 Å². The van der Waals surface area contributed by atoms with Gasteiger partial charge in [-0.15, -0.1) is 21.5 Å². The van der Waals surface area contributed by atoms with Crippen LogP contribution in [0.2, 0.25) is 0 Å². The standard InChI is InChI=1S/C4H6N2S.C3H8/c1-2-4-6-5-3-7-4;1-3-2/h3H,2H2,1H3;3H2,1-2H3. The Balaban J connectivity index is 0.000000236. The minimum Gasteiger partial charge on any atom is -0.147 e. The maximum atomic E-state index is 3.80. The zero-order chi connectivity index (χ0) is 7.82. The van der Waals surface area contributed by atoms with Crippen LogP contribution in [0.4, 0.5) is 0 Å². The van der Waals surface area contributed by atoms with Crippen molar-refractivity contribution >= 4 is 11.3 Å². The lowest BCUT2D eigenvalue weighted by Gasteiger charge is -1.74. The lowest BCUT2D eigenvalue weighted by Crippen LogP contribution is -1.74. The van der Waals surface area contributed by atoms with E-state index in [0.29, 0.717) is 0 Å². The van der Waals surface area contributed by atoms with E-state index in [9.17, 15) is 0 Å². The molecule has 3 heteroatoms. The van der Waals surface area contributed by atoms with Gasteiger partial charge in [0.05, 0.1) is 0 Å². The van der Waals surface area contributed by atoms with E-state index in [4.69, 9.17) is 0 Å². The van der Waals surface area contributed by atoms with E-state index >= 15 is 0 Å².